The Labute approximate surface area is 111 Å². The molecule has 0 radical (unpaired) electrons. The molecule has 0 saturated heterocycles. The lowest BCUT2D eigenvalue weighted by atomic mass is 10.4. The van der Waals surface area contributed by atoms with Gasteiger partial charge in [-0.2, -0.15) is 0 Å². The number of alkyl halides is 1. The number of halogens is 1. The first-order valence-electron chi connectivity index (χ1n) is 5.56. The van der Waals surface area contributed by atoms with Crippen LogP contribution in [0.5, 0.6) is 0 Å². The first-order valence-corrected chi connectivity index (χ1v) is 7.61. The fourth-order valence-electron chi connectivity index (χ4n) is 1.04. The molecule has 0 amide bonds. The average molecular weight is 301 g/mol. The number of carbonyl (C=O) groups is 2. The van der Waals surface area contributed by atoms with Gasteiger partial charge >= 0.3 is 13.6 Å². The normalized spacial score (nSPS) is 13.4. The van der Waals surface area contributed by atoms with Crippen molar-refractivity contribution in [3.8, 4) is 0 Å². The predicted molar refractivity (Wildman–Crippen MR) is 66.7 cm³/mol. The Morgan fingerprint density at radius 1 is 1.17 bits per heavy atom. The molecule has 0 aromatic rings. The molecule has 0 aromatic heterocycles. The molecule has 18 heavy (non-hydrogen) atoms. The van der Waals surface area contributed by atoms with Gasteiger partial charge in [0.05, 0.1) is 19.3 Å². The van der Waals surface area contributed by atoms with Crippen LogP contribution < -0.4 is 0 Å². The summed E-state index contributed by atoms with van der Waals surface area (Å²) in [6.07, 6.45) is -0.469. The van der Waals surface area contributed by atoms with Crippen molar-refractivity contribution in [1.82, 2.24) is 0 Å². The Bertz CT molecular complexity index is 333. The van der Waals surface area contributed by atoms with E-state index in [-0.39, 0.29) is 13.2 Å². The second-order valence-corrected chi connectivity index (χ2v) is 6.38. The quantitative estimate of drug-likeness (QED) is 0.296. The van der Waals surface area contributed by atoms with E-state index in [1.807, 2.05) is 0 Å². The summed E-state index contributed by atoms with van der Waals surface area (Å²) in [4.78, 5) is 23.0. The molecule has 0 bridgehead atoms. The first kappa shape index (κ1) is 17.6. The summed E-state index contributed by atoms with van der Waals surface area (Å²) >= 11 is 5.71. The number of esters is 1. The molecule has 0 heterocycles. The lowest BCUT2D eigenvalue weighted by molar-refractivity contribution is -0.156. The molecule has 106 valence electrons. The van der Waals surface area contributed by atoms with Gasteiger partial charge in [0.25, 0.3) is 5.78 Å². The lowest BCUT2D eigenvalue weighted by Gasteiger charge is -2.20. The van der Waals surface area contributed by atoms with Crippen LogP contribution in [0, 0.1) is 0 Å². The second kappa shape index (κ2) is 7.89. The second-order valence-electron chi connectivity index (χ2n) is 3.53. The van der Waals surface area contributed by atoms with E-state index in [1.54, 1.807) is 27.7 Å². The number of ether oxygens (including phenoxy) is 1. The monoisotopic (exact) mass is 300 g/mol. The van der Waals surface area contributed by atoms with E-state index in [0.717, 1.165) is 0 Å². The molecular formula is C10H18ClO6P. The van der Waals surface area contributed by atoms with E-state index in [1.165, 1.54) is 0 Å². The van der Waals surface area contributed by atoms with Crippen molar-refractivity contribution in [2.24, 2.45) is 0 Å². The molecule has 0 N–H and O–H groups in total. The molecule has 0 fully saturated rings. The fourth-order valence-corrected chi connectivity index (χ4v) is 2.92. The van der Waals surface area contributed by atoms with Crippen molar-refractivity contribution in [2.45, 2.75) is 38.9 Å². The first-order chi connectivity index (χ1) is 8.28. The summed E-state index contributed by atoms with van der Waals surface area (Å²) in [5.74, 6) is -2.28. The van der Waals surface area contributed by atoms with Crippen LogP contribution >= 0.6 is 19.2 Å². The smallest absolute Gasteiger partial charge is 0.377 e. The molecule has 0 saturated carbocycles. The van der Waals surface area contributed by atoms with Gasteiger partial charge in [0, 0.05) is 0 Å². The number of hydrogen-bond acceptors (Lipinski definition) is 6. The van der Waals surface area contributed by atoms with Gasteiger partial charge in [-0.15, -0.1) is 11.6 Å². The van der Waals surface area contributed by atoms with Crippen molar-refractivity contribution < 1.29 is 27.9 Å². The van der Waals surface area contributed by atoms with Gasteiger partial charge in [0.2, 0.25) is 5.12 Å². The third kappa shape index (κ3) is 5.06. The van der Waals surface area contributed by atoms with Crippen molar-refractivity contribution in [2.75, 3.05) is 13.2 Å². The summed E-state index contributed by atoms with van der Waals surface area (Å²) in [6, 6.07) is 0. The molecule has 1 atom stereocenters. The minimum atomic E-state index is -3.85. The third-order valence-electron chi connectivity index (χ3n) is 1.66. The molecule has 0 spiro atoms. The zero-order valence-corrected chi connectivity index (χ0v) is 12.5. The average Bonchev–Trinajstić information content (AvgIpc) is 2.26. The van der Waals surface area contributed by atoms with Crippen LogP contribution in [0.1, 0.15) is 27.7 Å². The standard InChI is InChI=1S/C10H18ClO6P/c1-5-15-18(14,16-6-2)9(11)8(12)10(13)17-7(3)4/h7,9H,5-6H2,1-4H3. The Kier molecular flexibility index (Phi) is 7.71. The molecule has 0 aromatic carbocycles. The van der Waals surface area contributed by atoms with E-state index in [9.17, 15) is 14.2 Å². The minimum Gasteiger partial charge on any atom is -0.457 e. The van der Waals surface area contributed by atoms with Gasteiger partial charge in [0.1, 0.15) is 0 Å². The maximum absolute atomic E-state index is 12.1. The Morgan fingerprint density at radius 3 is 1.94 bits per heavy atom. The van der Waals surface area contributed by atoms with Gasteiger partial charge in [-0.05, 0) is 27.7 Å². The minimum absolute atomic E-state index is 0.0486. The van der Waals surface area contributed by atoms with Crippen molar-refractivity contribution in [3.63, 3.8) is 0 Å². The van der Waals surface area contributed by atoms with Crippen molar-refractivity contribution in [3.05, 3.63) is 0 Å². The van der Waals surface area contributed by atoms with Crippen LogP contribution in [0.25, 0.3) is 0 Å². The van der Waals surface area contributed by atoms with Gasteiger partial charge in [-0.3, -0.25) is 9.36 Å². The lowest BCUT2D eigenvalue weighted by Crippen LogP contribution is -2.29. The zero-order chi connectivity index (χ0) is 14.3. The van der Waals surface area contributed by atoms with Crippen LogP contribution in [0.15, 0.2) is 0 Å². The Morgan fingerprint density at radius 2 is 1.61 bits per heavy atom. The molecule has 1 unspecified atom stereocenters. The van der Waals surface area contributed by atoms with E-state index in [2.05, 4.69) is 4.74 Å². The van der Waals surface area contributed by atoms with Gasteiger partial charge in [-0.1, -0.05) is 0 Å². The summed E-state index contributed by atoms with van der Waals surface area (Å²) in [5.41, 5.74) is 0. The summed E-state index contributed by atoms with van der Waals surface area (Å²) in [6.45, 7) is 6.41. The van der Waals surface area contributed by atoms with Gasteiger partial charge in [-0.25, -0.2) is 4.79 Å². The highest BCUT2D eigenvalue weighted by Gasteiger charge is 2.43. The highest BCUT2D eigenvalue weighted by molar-refractivity contribution is 7.58. The maximum atomic E-state index is 12.1. The topological polar surface area (TPSA) is 78.9 Å². The molecule has 8 heteroatoms. The van der Waals surface area contributed by atoms with E-state index in [4.69, 9.17) is 20.6 Å². The summed E-state index contributed by atoms with van der Waals surface area (Å²) in [7, 11) is -3.85. The zero-order valence-electron chi connectivity index (χ0n) is 10.8. The number of rotatable bonds is 8. The van der Waals surface area contributed by atoms with Crippen LogP contribution in [0.2, 0.25) is 0 Å². The SMILES string of the molecule is CCOP(=O)(OCC)C(Cl)C(=O)C(=O)OC(C)C. The van der Waals surface area contributed by atoms with Crippen LogP contribution in [0.4, 0.5) is 0 Å². The fraction of sp³-hybridized carbons (Fsp3) is 0.800. The highest BCUT2D eigenvalue weighted by atomic mass is 35.5. The van der Waals surface area contributed by atoms with Crippen LogP contribution in [0.3, 0.4) is 0 Å². The van der Waals surface area contributed by atoms with Crippen LogP contribution in [-0.2, 0) is 27.9 Å². The summed E-state index contributed by atoms with van der Waals surface area (Å²) in [5, 5.41) is -1.69. The number of hydrogen-bond donors (Lipinski definition) is 0. The number of Topliss-reactive ketones (excluding diaryl/α,β-unsaturated/α-hetero) is 1. The number of ketones is 1. The largest absolute Gasteiger partial charge is 0.457 e. The molecule has 0 aliphatic carbocycles. The Hall–Kier alpha value is -0.420. The van der Waals surface area contributed by atoms with E-state index >= 15 is 0 Å². The van der Waals surface area contributed by atoms with E-state index in [0.29, 0.717) is 0 Å². The van der Waals surface area contributed by atoms with Crippen molar-refractivity contribution >= 4 is 30.9 Å². The maximum Gasteiger partial charge on any atom is 0.377 e. The van der Waals surface area contributed by atoms with Crippen molar-refractivity contribution in [1.29, 1.82) is 0 Å². The third-order valence-corrected chi connectivity index (χ3v) is 4.60. The molecular weight excluding hydrogens is 283 g/mol. The van der Waals surface area contributed by atoms with Gasteiger partial charge < -0.3 is 13.8 Å². The van der Waals surface area contributed by atoms with Crippen LogP contribution in [-0.4, -0.2) is 36.2 Å². The van der Waals surface area contributed by atoms with Gasteiger partial charge in [0.15, 0.2) is 0 Å². The van der Waals surface area contributed by atoms with E-state index < -0.39 is 30.6 Å². The predicted octanol–water partition coefficient (Wildman–Crippen LogP) is 2.34. The molecule has 6 nitrogen and oxygen atoms in total. The summed E-state index contributed by atoms with van der Waals surface area (Å²) < 4.78 is 26.6. The molecule has 0 aliphatic rings. The molecule has 0 aliphatic heterocycles. The molecule has 0 rings (SSSR count). The number of carbonyl (C=O) groups excluding carboxylic acids is 2. The Balaban J connectivity index is 4.87. The highest BCUT2D eigenvalue weighted by Crippen LogP contribution is 2.55.